The summed E-state index contributed by atoms with van der Waals surface area (Å²) in [6.07, 6.45) is 0. The van der Waals surface area contributed by atoms with E-state index in [0.717, 1.165) is 15.7 Å². The minimum atomic E-state index is 0.0160. The molecular formula is C17H18BrNO2. The Morgan fingerprint density at radius 2 is 1.90 bits per heavy atom. The zero-order valence-corrected chi connectivity index (χ0v) is 13.5. The van der Waals surface area contributed by atoms with Crippen molar-refractivity contribution >= 4 is 27.4 Å². The topological polar surface area (TPSA) is 40.5 Å². The van der Waals surface area contributed by atoms with E-state index < -0.39 is 0 Å². The molecule has 0 saturated heterocycles. The van der Waals surface area contributed by atoms with Crippen molar-refractivity contribution in [3.8, 4) is 0 Å². The van der Waals surface area contributed by atoms with Crippen molar-refractivity contribution in [1.82, 2.24) is 0 Å². The molecule has 0 aliphatic carbocycles. The first-order valence-electron chi connectivity index (χ1n) is 6.82. The molecule has 0 fully saturated rings. The quantitative estimate of drug-likeness (QED) is 0.810. The van der Waals surface area contributed by atoms with Gasteiger partial charge in [-0.2, -0.15) is 0 Å². The Kier molecular flexibility index (Phi) is 5.53. The third-order valence-electron chi connectivity index (χ3n) is 3.26. The lowest BCUT2D eigenvalue weighted by Crippen LogP contribution is -2.27. The molecule has 21 heavy (non-hydrogen) atoms. The van der Waals surface area contributed by atoms with E-state index in [1.165, 1.54) is 0 Å². The number of carbonyl (C=O) groups excluding carboxylic acids is 1. The Morgan fingerprint density at radius 1 is 1.19 bits per heavy atom. The van der Waals surface area contributed by atoms with Gasteiger partial charge in [0.25, 0.3) is 0 Å². The second kappa shape index (κ2) is 7.38. The summed E-state index contributed by atoms with van der Waals surface area (Å²) in [5.41, 5.74) is 2.65. The highest BCUT2D eigenvalue weighted by Crippen LogP contribution is 2.26. The van der Waals surface area contributed by atoms with Crippen LogP contribution in [0.3, 0.4) is 0 Å². The van der Waals surface area contributed by atoms with Gasteiger partial charge in [-0.05, 0) is 30.7 Å². The van der Waals surface area contributed by atoms with Crippen LogP contribution in [0.25, 0.3) is 0 Å². The molecule has 0 aliphatic rings. The standard InChI is InChI=1S/C17H18BrNO2/c1-13(21)16-11-15(18)7-8-17(16)19(9-10-20)12-14-5-3-2-4-6-14/h2-8,11,20H,9-10,12H2,1H3. The monoisotopic (exact) mass is 347 g/mol. The van der Waals surface area contributed by atoms with Crippen molar-refractivity contribution in [3.05, 3.63) is 64.1 Å². The van der Waals surface area contributed by atoms with Crippen LogP contribution in [-0.4, -0.2) is 24.0 Å². The fraction of sp³-hybridized carbons (Fsp3) is 0.235. The van der Waals surface area contributed by atoms with Crippen LogP contribution in [-0.2, 0) is 6.54 Å². The number of aliphatic hydroxyl groups is 1. The molecule has 4 heteroatoms. The highest BCUT2D eigenvalue weighted by Gasteiger charge is 2.14. The molecule has 0 bridgehead atoms. The summed E-state index contributed by atoms with van der Waals surface area (Å²) in [7, 11) is 0. The van der Waals surface area contributed by atoms with E-state index in [2.05, 4.69) is 15.9 Å². The third kappa shape index (κ3) is 4.16. The van der Waals surface area contributed by atoms with Crippen LogP contribution in [0.15, 0.2) is 53.0 Å². The molecule has 110 valence electrons. The number of nitrogens with zero attached hydrogens (tertiary/aromatic N) is 1. The Balaban J connectivity index is 2.36. The highest BCUT2D eigenvalue weighted by atomic mass is 79.9. The maximum Gasteiger partial charge on any atom is 0.161 e. The summed E-state index contributed by atoms with van der Waals surface area (Å²) >= 11 is 3.40. The first kappa shape index (κ1) is 15.7. The Hall–Kier alpha value is -1.65. The van der Waals surface area contributed by atoms with Gasteiger partial charge in [-0.1, -0.05) is 46.3 Å². The maximum atomic E-state index is 11.9. The third-order valence-corrected chi connectivity index (χ3v) is 3.76. The van der Waals surface area contributed by atoms with Gasteiger partial charge in [-0.25, -0.2) is 0 Å². The van der Waals surface area contributed by atoms with E-state index in [0.29, 0.717) is 18.7 Å². The summed E-state index contributed by atoms with van der Waals surface area (Å²) in [4.78, 5) is 13.9. The first-order valence-corrected chi connectivity index (χ1v) is 7.61. The summed E-state index contributed by atoms with van der Waals surface area (Å²) in [5, 5.41) is 9.32. The number of carbonyl (C=O) groups is 1. The number of aliphatic hydroxyl groups excluding tert-OH is 1. The summed E-state index contributed by atoms with van der Waals surface area (Å²) < 4.78 is 0.875. The Labute approximate surface area is 133 Å². The zero-order chi connectivity index (χ0) is 15.2. The average Bonchev–Trinajstić information content (AvgIpc) is 2.48. The molecule has 0 heterocycles. The molecule has 0 saturated carbocycles. The van der Waals surface area contributed by atoms with Gasteiger partial charge in [0, 0.05) is 28.8 Å². The fourth-order valence-corrected chi connectivity index (χ4v) is 2.64. The number of benzene rings is 2. The van der Waals surface area contributed by atoms with Crippen molar-refractivity contribution in [2.75, 3.05) is 18.1 Å². The number of ketones is 1. The van der Waals surface area contributed by atoms with Gasteiger partial charge in [-0.15, -0.1) is 0 Å². The van der Waals surface area contributed by atoms with E-state index in [1.54, 1.807) is 6.92 Å². The number of halogens is 1. The van der Waals surface area contributed by atoms with Crippen LogP contribution in [0, 0.1) is 0 Å². The minimum Gasteiger partial charge on any atom is -0.395 e. The van der Waals surface area contributed by atoms with E-state index in [-0.39, 0.29) is 12.4 Å². The van der Waals surface area contributed by atoms with Crippen LogP contribution in [0.5, 0.6) is 0 Å². The number of rotatable bonds is 6. The van der Waals surface area contributed by atoms with Gasteiger partial charge in [0.1, 0.15) is 0 Å². The molecule has 2 aromatic carbocycles. The van der Waals surface area contributed by atoms with Crippen LogP contribution >= 0.6 is 15.9 Å². The lowest BCUT2D eigenvalue weighted by Gasteiger charge is -2.26. The van der Waals surface area contributed by atoms with Gasteiger partial charge in [0.05, 0.1) is 6.61 Å². The molecule has 0 amide bonds. The highest BCUT2D eigenvalue weighted by molar-refractivity contribution is 9.10. The van der Waals surface area contributed by atoms with Gasteiger partial charge in [-0.3, -0.25) is 4.79 Å². The molecular weight excluding hydrogens is 330 g/mol. The summed E-state index contributed by atoms with van der Waals surface area (Å²) in [6.45, 7) is 2.74. The lowest BCUT2D eigenvalue weighted by atomic mass is 10.1. The fourth-order valence-electron chi connectivity index (χ4n) is 2.28. The second-order valence-electron chi connectivity index (χ2n) is 4.85. The average molecular weight is 348 g/mol. The van der Waals surface area contributed by atoms with Crippen molar-refractivity contribution in [3.63, 3.8) is 0 Å². The number of hydrogen-bond donors (Lipinski definition) is 1. The number of hydrogen-bond acceptors (Lipinski definition) is 3. The van der Waals surface area contributed by atoms with Gasteiger partial charge < -0.3 is 10.0 Å². The van der Waals surface area contributed by atoms with Crippen LogP contribution in [0.1, 0.15) is 22.8 Å². The van der Waals surface area contributed by atoms with Gasteiger partial charge in [0.15, 0.2) is 5.78 Å². The molecule has 0 unspecified atom stereocenters. The van der Waals surface area contributed by atoms with Gasteiger partial charge >= 0.3 is 0 Å². The molecule has 0 aromatic heterocycles. The predicted octanol–water partition coefficient (Wildman–Crippen LogP) is 3.65. The predicted molar refractivity (Wildman–Crippen MR) is 88.7 cm³/mol. The number of Topliss-reactive ketones (excluding diaryl/α,β-unsaturated/α-hetero) is 1. The molecule has 2 aromatic rings. The summed E-state index contributed by atoms with van der Waals surface area (Å²) in [5.74, 6) is 0.0160. The van der Waals surface area contributed by atoms with Crippen molar-refractivity contribution in [1.29, 1.82) is 0 Å². The van der Waals surface area contributed by atoms with Crippen molar-refractivity contribution < 1.29 is 9.90 Å². The molecule has 1 N–H and O–H groups in total. The minimum absolute atomic E-state index is 0.0160. The normalized spacial score (nSPS) is 10.4. The smallest absolute Gasteiger partial charge is 0.161 e. The molecule has 0 radical (unpaired) electrons. The van der Waals surface area contributed by atoms with Crippen LogP contribution in [0.4, 0.5) is 5.69 Å². The molecule has 0 spiro atoms. The van der Waals surface area contributed by atoms with E-state index in [9.17, 15) is 9.90 Å². The van der Waals surface area contributed by atoms with Crippen molar-refractivity contribution in [2.45, 2.75) is 13.5 Å². The van der Waals surface area contributed by atoms with Crippen molar-refractivity contribution in [2.24, 2.45) is 0 Å². The first-order chi connectivity index (χ1) is 10.1. The Morgan fingerprint density at radius 3 is 2.52 bits per heavy atom. The molecule has 2 rings (SSSR count). The van der Waals surface area contributed by atoms with E-state index >= 15 is 0 Å². The molecule has 0 atom stereocenters. The number of anilines is 1. The molecule has 0 aliphatic heterocycles. The SMILES string of the molecule is CC(=O)c1cc(Br)ccc1N(CCO)Cc1ccccc1. The zero-order valence-electron chi connectivity index (χ0n) is 11.9. The largest absolute Gasteiger partial charge is 0.395 e. The summed E-state index contributed by atoms with van der Waals surface area (Å²) in [6, 6.07) is 15.7. The van der Waals surface area contributed by atoms with E-state index in [1.807, 2.05) is 53.4 Å². The second-order valence-corrected chi connectivity index (χ2v) is 5.76. The molecule has 3 nitrogen and oxygen atoms in total. The van der Waals surface area contributed by atoms with Crippen LogP contribution in [0.2, 0.25) is 0 Å². The Bertz CT molecular complexity index is 613. The lowest BCUT2D eigenvalue weighted by molar-refractivity contribution is 0.101. The van der Waals surface area contributed by atoms with Gasteiger partial charge in [0.2, 0.25) is 0 Å². The maximum absolute atomic E-state index is 11.9. The van der Waals surface area contributed by atoms with E-state index in [4.69, 9.17) is 0 Å². The van der Waals surface area contributed by atoms with Crippen LogP contribution < -0.4 is 4.90 Å².